The quantitative estimate of drug-likeness (QED) is 0.849. The minimum Gasteiger partial charge on any atom is -0.338 e. The lowest BCUT2D eigenvalue weighted by molar-refractivity contribution is -0.132. The van der Waals surface area contributed by atoms with Crippen molar-refractivity contribution < 1.29 is 13.6 Å². The van der Waals surface area contributed by atoms with Crippen molar-refractivity contribution in [3.63, 3.8) is 0 Å². The lowest BCUT2D eigenvalue weighted by Crippen LogP contribution is -2.47. The van der Waals surface area contributed by atoms with Crippen LogP contribution in [0.4, 0.5) is 8.78 Å². The topological polar surface area (TPSA) is 23.6 Å². The first-order chi connectivity index (χ1) is 11.1. The number of hydrogen-bond acceptors (Lipinski definition) is 2. The summed E-state index contributed by atoms with van der Waals surface area (Å²) in [5.41, 5.74) is 0.406. The van der Waals surface area contributed by atoms with Gasteiger partial charge >= 0.3 is 0 Å². The largest absolute Gasteiger partial charge is 0.338 e. The van der Waals surface area contributed by atoms with Crippen LogP contribution in [0.15, 0.2) is 18.2 Å². The Morgan fingerprint density at radius 2 is 1.91 bits per heavy atom. The summed E-state index contributed by atoms with van der Waals surface area (Å²) in [5, 5.41) is 0. The van der Waals surface area contributed by atoms with Gasteiger partial charge in [-0.05, 0) is 38.3 Å². The van der Waals surface area contributed by atoms with E-state index in [1.165, 1.54) is 0 Å². The third kappa shape index (κ3) is 3.25. The van der Waals surface area contributed by atoms with Gasteiger partial charge in [0.05, 0.1) is 0 Å². The van der Waals surface area contributed by atoms with Gasteiger partial charge in [0.1, 0.15) is 0 Å². The molecule has 1 aromatic carbocycles. The number of benzene rings is 1. The normalized spacial score (nSPS) is 25.3. The van der Waals surface area contributed by atoms with Crippen molar-refractivity contribution in [2.75, 3.05) is 13.1 Å². The lowest BCUT2D eigenvalue weighted by atomic mass is 10.0. The number of amides is 1. The van der Waals surface area contributed by atoms with Crippen molar-refractivity contribution in [2.45, 2.75) is 57.7 Å². The molecule has 3 nitrogen and oxygen atoms in total. The third-order valence-electron chi connectivity index (χ3n) is 5.19. The fraction of sp³-hybridized carbons (Fsp3) is 0.611. The molecule has 2 unspecified atom stereocenters. The zero-order chi connectivity index (χ0) is 16.4. The number of nitrogens with zero attached hydrogens (tertiary/aromatic N) is 2. The number of rotatable bonds is 4. The molecule has 23 heavy (non-hydrogen) atoms. The molecule has 0 radical (unpaired) electrons. The Labute approximate surface area is 136 Å². The van der Waals surface area contributed by atoms with Crippen molar-refractivity contribution >= 4 is 5.91 Å². The zero-order valence-electron chi connectivity index (χ0n) is 13.6. The second-order valence-corrected chi connectivity index (χ2v) is 6.54. The first kappa shape index (κ1) is 16.4. The van der Waals surface area contributed by atoms with Crippen LogP contribution in [0.25, 0.3) is 0 Å². The van der Waals surface area contributed by atoms with Crippen LogP contribution in [0, 0.1) is 11.6 Å². The van der Waals surface area contributed by atoms with Gasteiger partial charge in [0.25, 0.3) is 0 Å². The highest BCUT2D eigenvalue weighted by Gasteiger charge is 2.39. The monoisotopic (exact) mass is 322 g/mol. The molecule has 126 valence electrons. The molecule has 0 bridgehead atoms. The molecule has 1 aromatic rings. The van der Waals surface area contributed by atoms with E-state index in [-0.39, 0.29) is 18.0 Å². The highest BCUT2D eigenvalue weighted by atomic mass is 19.2. The van der Waals surface area contributed by atoms with Gasteiger partial charge in [-0.1, -0.05) is 19.1 Å². The Morgan fingerprint density at radius 3 is 2.70 bits per heavy atom. The first-order valence-corrected chi connectivity index (χ1v) is 8.58. The SMILES string of the molecule is CCC(=O)N1CCCC1C1CCCN1Cc1cccc(F)c1F. The molecule has 2 atom stereocenters. The molecule has 2 saturated heterocycles. The highest BCUT2D eigenvalue weighted by Crippen LogP contribution is 2.31. The zero-order valence-corrected chi connectivity index (χ0v) is 13.6. The van der Waals surface area contributed by atoms with E-state index in [4.69, 9.17) is 0 Å². The number of hydrogen-bond donors (Lipinski definition) is 0. The van der Waals surface area contributed by atoms with E-state index in [0.717, 1.165) is 44.8 Å². The number of likely N-dealkylation sites (tertiary alicyclic amines) is 2. The molecule has 2 aliphatic heterocycles. The highest BCUT2D eigenvalue weighted by molar-refractivity contribution is 5.76. The molecule has 0 spiro atoms. The minimum absolute atomic E-state index is 0.205. The maximum absolute atomic E-state index is 14.0. The van der Waals surface area contributed by atoms with Crippen molar-refractivity contribution in [1.82, 2.24) is 9.80 Å². The van der Waals surface area contributed by atoms with Crippen LogP contribution in [-0.4, -0.2) is 40.9 Å². The van der Waals surface area contributed by atoms with Gasteiger partial charge < -0.3 is 4.90 Å². The van der Waals surface area contributed by atoms with Gasteiger partial charge in [-0.3, -0.25) is 9.69 Å². The average molecular weight is 322 g/mol. The van der Waals surface area contributed by atoms with Crippen molar-refractivity contribution in [3.8, 4) is 0 Å². The molecule has 2 fully saturated rings. The predicted octanol–water partition coefficient (Wildman–Crippen LogP) is 3.33. The second kappa shape index (κ2) is 6.95. The van der Waals surface area contributed by atoms with Crippen LogP contribution in [0.1, 0.15) is 44.6 Å². The van der Waals surface area contributed by atoms with Crippen LogP contribution in [-0.2, 0) is 11.3 Å². The van der Waals surface area contributed by atoms with Gasteiger partial charge in [-0.25, -0.2) is 8.78 Å². The molecule has 1 amide bonds. The first-order valence-electron chi connectivity index (χ1n) is 8.58. The van der Waals surface area contributed by atoms with E-state index in [1.54, 1.807) is 12.1 Å². The summed E-state index contributed by atoms with van der Waals surface area (Å²) in [7, 11) is 0. The van der Waals surface area contributed by atoms with Gasteiger partial charge in [0.15, 0.2) is 11.6 Å². The summed E-state index contributed by atoms with van der Waals surface area (Å²) in [6.45, 7) is 4.02. The van der Waals surface area contributed by atoms with Crippen LogP contribution in [0.5, 0.6) is 0 Å². The fourth-order valence-electron chi connectivity index (χ4n) is 4.08. The van der Waals surface area contributed by atoms with E-state index in [9.17, 15) is 13.6 Å². The smallest absolute Gasteiger partial charge is 0.222 e. The molecular weight excluding hydrogens is 298 g/mol. The average Bonchev–Trinajstić information content (AvgIpc) is 3.19. The minimum atomic E-state index is -0.790. The fourth-order valence-corrected chi connectivity index (χ4v) is 4.08. The standard InChI is InChI=1S/C18H24F2N2O/c1-2-17(23)22-11-5-9-16(22)15-8-4-10-21(15)12-13-6-3-7-14(19)18(13)20/h3,6-7,15-16H,2,4-5,8-12H2,1H3. The van der Waals surface area contributed by atoms with E-state index >= 15 is 0 Å². The maximum Gasteiger partial charge on any atom is 0.222 e. The van der Waals surface area contributed by atoms with Crippen molar-refractivity contribution in [2.24, 2.45) is 0 Å². The van der Waals surface area contributed by atoms with Crippen molar-refractivity contribution in [3.05, 3.63) is 35.4 Å². The molecular formula is C18H24F2N2O. The van der Waals surface area contributed by atoms with E-state index < -0.39 is 11.6 Å². The number of carbonyl (C=O) groups excluding carboxylic acids is 1. The van der Waals surface area contributed by atoms with Gasteiger partial charge in [-0.2, -0.15) is 0 Å². The van der Waals surface area contributed by atoms with Crippen LogP contribution < -0.4 is 0 Å². The Hall–Kier alpha value is -1.49. The van der Waals surface area contributed by atoms with E-state index in [1.807, 2.05) is 11.8 Å². The van der Waals surface area contributed by atoms with E-state index in [2.05, 4.69) is 4.90 Å². The summed E-state index contributed by atoms with van der Waals surface area (Å²) in [6.07, 6.45) is 4.65. The second-order valence-electron chi connectivity index (χ2n) is 6.54. The Bertz CT molecular complexity index is 578. The molecule has 0 saturated carbocycles. The predicted molar refractivity (Wildman–Crippen MR) is 84.8 cm³/mol. The molecule has 0 aromatic heterocycles. The van der Waals surface area contributed by atoms with E-state index in [0.29, 0.717) is 18.5 Å². The molecule has 0 N–H and O–H groups in total. The lowest BCUT2D eigenvalue weighted by Gasteiger charge is -2.35. The van der Waals surface area contributed by atoms with Gasteiger partial charge in [0, 0.05) is 37.2 Å². The van der Waals surface area contributed by atoms with Crippen LogP contribution >= 0.6 is 0 Å². The number of halogens is 2. The number of carbonyl (C=O) groups is 1. The molecule has 2 heterocycles. The summed E-state index contributed by atoms with van der Waals surface area (Å²) in [6, 6.07) is 4.84. The summed E-state index contributed by atoms with van der Waals surface area (Å²) >= 11 is 0. The van der Waals surface area contributed by atoms with Crippen molar-refractivity contribution in [1.29, 1.82) is 0 Å². The van der Waals surface area contributed by atoms with Crippen LogP contribution in [0.3, 0.4) is 0 Å². The summed E-state index contributed by atoms with van der Waals surface area (Å²) in [5.74, 6) is -1.33. The van der Waals surface area contributed by atoms with Gasteiger partial charge in [-0.15, -0.1) is 0 Å². The molecule has 5 heteroatoms. The maximum atomic E-state index is 14.0. The third-order valence-corrected chi connectivity index (χ3v) is 5.19. The summed E-state index contributed by atoms with van der Waals surface area (Å²) in [4.78, 5) is 16.4. The van der Waals surface area contributed by atoms with Crippen LogP contribution in [0.2, 0.25) is 0 Å². The Balaban J connectivity index is 1.75. The van der Waals surface area contributed by atoms with Gasteiger partial charge in [0.2, 0.25) is 5.91 Å². The Morgan fingerprint density at radius 1 is 1.17 bits per heavy atom. The summed E-state index contributed by atoms with van der Waals surface area (Å²) < 4.78 is 27.4. The molecule has 0 aliphatic carbocycles. The molecule has 3 rings (SSSR count). The molecule has 2 aliphatic rings. The Kier molecular flexibility index (Phi) is 4.95.